The molecular weight excluding hydrogens is 468 g/mol. The molecule has 6 N–H and O–H groups in total. The van der Waals surface area contributed by atoms with Gasteiger partial charge in [-0.1, -0.05) is 36.4 Å². The van der Waals surface area contributed by atoms with Gasteiger partial charge in [-0.15, -0.1) is 0 Å². The van der Waals surface area contributed by atoms with Crippen LogP contribution in [0.5, 0.6) is 0 Å². The molecule has 6 heteroatoms. The number of nitrogens with zero attached hydrogens (tertiary/aromatic N) is 2. The molecule has 2 heterocycles. The van der Waals surface area contributed by atoms with Gasteiger partial charge < -0.3 is 21.4 Å². The van der Waals surface area contributed by atoms with Crippen LogP contribution in [0.1, 0.15) is 37.3 Å². The van der Waals surface area contributed by atoms with Crippen LogP contribution in [0.25, 0.3) is 55.1 Å². The highest BCUT2D eigenvalue weighted by atomic mass is 14.9. The van der Waals surface area contributed by atoms with E-state index in [9.17, 15) is 0 Å². The second-order valence-corrected chi connectivity index (χ2v) is 10.1. The van der Waals surface area contributed by atoms with Crippen molar-refractivity contribution in [2.24, 2.45) is 11.5 Å². The summed E-state index contributed by atoms with van der Waals surface area (Å²) >= 11 is 0. The first-order chi connectivity index (χ1) is 18.7. The fourth-order valence-corrected chi connectivity index (χ4v) is 5.20. The van der Waals surface area contributed by atoms with E-state index in [1.165, 1.54) is 33.0 Å². The Morgan fingerprint density at radius 3 is 1.42 bits per heavy atom. The second kappa shape index (κ2) is 10.8. The van der Waals surface area contributed by atoms with Crippen LogP contribution < -0.4 is 11.5 Å². The van der Waals surface area contributed by atoms with E-state index in [1.807, 2.05) is 0 Å². The first-order valence-electron chi connectivity index (χ1n) is 13.6. The summed E-state index contributed by atoms with van der Waals surface area (Å²) < 4.78 is 0. The van der Waals surface area contributed by atoms with Gasteiger partial charge in [0.1, 0.15) is 11.6 Å². The monoisotopic (exact) mass is 502 g/mol. The molecule has 4 aromatic carbocycles. The summed E-state index contributed by atoms with van der Waals surface area (Å²) in [4.78, 5) is 16.5. The van der Waals surface area contributed by atoms with E-state index in [1.54, 1.807) is 0 Å². The standard InChI is InChI=1S/C32H34N6/c33-15-3-1-5-31-35-27-13-11-24(19-29(27)37-31)22-9-7-21-8-10-23(18-26(21)17-22)25-12-14-28-30(20-25)38-32(36-28)6-2-4-16-34/h7-14,17-20H,1-6,15-16,33-34H2,(H,35,37)(H,36,38). The molecule has 38 heavy (non-hydrogen) atoms. The Hall–Kier alpha value is -4.00. The number of rotatable bonds is 10. The zero-order valence-electron chi connectivity index (χ0n) is 21.6. The normalized spacial score (nSPS) is 11.7. The molecule has 0 unspecified atom stereocenters. The SMILES string of the molecule is NCCCCc1nc2ccc(-c3ccc4ccc(-c5ccc6nc(CCCCN)[nH]c6c5)cc4c3)cc2[nH]1. The van der Waals surface area contributed by atoms with Crippen molar-refractivity contribution in [3.63, 3.8) is 0 Å². The fraction of sp³-hybridized carbons (Fsp3) is 0.250. The molecule has 6 rings (SSSR count). The van der Waals surface area contributed by atoms with Crippen molar-refractivity contribution in [3.05, 3.63) is 84.4 Å². The van der Waals surface area contributed by atoms with E-state index in [4.69, 9.17) is 21.4 Å². The van der Waals surface area contributed by atoms with Gasteiger partial charge in [-0.25, -0.2) is 9.97 Å². The van der Waals surface area contributed by atoms with Crippen LogP contribution in [0.4, 0.5) is 0 Å². The Balaban J connectivity index is 1.28. The van der Waals surface area contributed by atoms with Crippen LogP contribution >= 0.6 is 0 Å². The van der Waals surface area contributed by atoms with Gasteiger partial charge in [0.15, 0.2) is 0 Å². The van der Waals surface area contributed by atoms with Crippen molar-refractivity contribution in [2.75, 3.05) is 13.1 Å². The summed E-state index contributed by atoms with van der Waals surface area (Å²) in [7, 11) is 0. The number of hydrogen-bond donors (Lipinski definition) is 4. The average molecular weight is 503 g/mol. The molecule has 0 aliphatic rings. The fourth-order valence-electron chi connectivity index (χ4n) is 5.20. The Labute approximate surface area is 222 Å². The van der Waals surface area contributed by atoms with E-state index >= 15 is 0 Å². The minimum atomic E-state index is 0.725. The summed E-state index contributed by atoms with van der Waals surface area (Å²) in [6.45, 7) is 1.45. The maximum absolute atomic E-state index is 5.64. The van der Waals surface area contributed by atoms with Crippen LogP contribution in [0, 0.1) is 0 Å². The number of nitrogens with two attached hydrogens (primary N) is 2. The van der Waals surface area contributed by atoms with Crippen molar-refractivity contribution < 1.29 is 0 Å². The maximum atomic E-state index is 5.64. The zero-order chi connectivity index (χ0) is 25.9. The molecule has 6 aromatic rings. The molecule has 0 radical (unpaired) electrons. The molecule has 0 fully saturated rings. The van der Waals surface area contributed by atoms with E-state index in [-0.39, 0.29) is 0 Å². The number of fused-ring (bicyclic) bond motifs is 3. The predicted molar refractivity (Wildman–Crippen MR) is 158 cm³/mol. The number of aromatic nitrogens is 4. The smallest absolute Gasteiger partial charge is 0.107 e. The Morgan fingerprint density at radius 2 is 0.947 bits per heavy atom. The van der Waals surface area contributed by atoms with Crippen LogP contribution in [-0.4, -0.2) is 33.0 Å². The third kappa shape index (κ3) is 5.05. The molecular formula is C32H34N6. The first kappa shape index (κ1) is 24.3. The third-order valence-electron chi connectivity index (χ3n) is 7.30. The molecule has 0 aliphatic heterocycles. The molecule has 0 aliphatic carbocycles. The number of nitrogens with one attached hydrogen (secondary N) is 2. The van der Waals surface area contributed by atoms with Crippen molar-refractivity contribution >= 4 is 32.8 Å². The van der Waals surface area contributed by atoms with Crippen LogP contribution in [0.2, 0.25) is 0 Å². The van der Waals surface area contributed by atoms with Crippen molar-refractivity contribution in [1.82, 2.24) is 19.9 Å². The molecule has 0 saturated carbocycles. The molecule has 2 aromatic heterocycles. The van der Waals surface area contributed by atoms with E-state index in [2.05, 4.69) is 82.8 Å². The van der Waals surface area contributed by atoms with Crippen molar-refractivity contribution in [3.8, 4) is 22.3 Å². The summed E-state index contributed by atoms with van der Waals surface area (Å²) in [5, 5.41) is 2.45. The van der Waals surface area contributed by atoms with Gasteiger partial charge in [0.25, 0.3) is 0 Å². The number of H-pyrrole nitrogens is 2. The van der Waals surface area contributed by atoms with Gasteiger partial charge in [-0.2, -0.15) is 0 Å². The molecule has 0 spiro atoms. The van der Waals surface area contributed by atoms with Crippen molar-refractivity contribution in [2.45, 2.75) is 38.5 Å². The highest BCUT2D eigenvalue weighted by molar-refractivity contribution is 5.93. The van der Waals surface area contributed by atoms with Gasteiger partial charge in [0.05, 0.1) is 22.1 Å². The lowest BCUT2D eigenvalue weighted by Gasteiger charge is -2.08. The van der Waals surface area contributed by atoms with Crippen LogP contribution in [0.15, 0.2) is 72.8 Å². The summed E-state index contributed by atoms with van der Waals surface area (Å²) in [6.07, 6.45) is 6.01. The minimum Gasteiger partial charge on any atom is -0.342 e. The number of hydrogen-bond acceptors (Lipinski definition) is 4. The molecule has 0 saturated heterocycles. The lowest BCUT2D eigenvalue weighted by atomic mass is 9.97. The molecule has 192 valence electrons. The lowest BCUT2D eigenvalue weighted by molar-refractivity contribution is 0.724. The second-order valence-electron chi connectivity index (χ2n) is 10.1. The zero-order valence-corrected chi connectivity index (χ0v) is 21.6. The maximum Gasteiger partial charge on any atom is 0.107 e. The van der Waals surface area contributed by atoms with Gasteiger partial charge in [-0.05, 0) is 108 Å². The first-order valence-corrected chi connectivity index (χ1v) is 13.6. The Kier molecular flexibility index (Phi) is 6.90. The Morgan fingerprint density at radius 1 is 0.500 bits per heavy atom. The van der Waals surface area contributed by atoms with Gasteiger partial charge in [0.2, 0.25) is 0 Å². The summed E-state index contributed by atoms with van der Waals surface area (Å²) in [5.41, 5.74) is 20.2. The third-order valence-corrected chi connectivity index (χ3v) is 7.30. The molecule has 0 amide bonds. The van der Waals surface area contributed by atoms with E-state index in [0.717, 1.165) is 85.3 Å². The predicted octanol–water partition coefficient (Wildman–Crippen LogP) is 6.49. The summed E-state index contributed by atoms with van der Waals surface area (Å²) in [5.74, 6) is 2.07. The number of unbranched alkanes of at least 4 members (excludes halogenated alkanes) is 2. The number of imidazole rings is 2. The Bertz CT molecular complexity index is 1590. The lowest BCUT2D eigenvalue weighted by Crippen LogP contribution is -1.99. The van der Waals surface area contributed by atoms with E-state index in [0.29, 0.717) is 0 Å². The molecule has 6 nitrogen and oxygen atoms in total. The summed E-state index contributed by atoms with van der Waals surface area (Å²) in [6, 6.07) is 26.3. The quantitative estimate of drug-likeness (QED) is 0.161. The number of aryl methyl sites for hydroxylation is 2. The molecule has 0 bridgehead atoms. The topological polar surface area (TPSA) is 109 Å². The minimum absolute atomic E-state index is 0.725. The van der Waals surface area contributed by atoms with Gasteiger partial charge in [0, 0.05) is 12.8 Å². The van der Waals surface area contributed by atoms with Crippen LogP contribution in [0.3, 0.4) is 0 Å². The van der Waals surface area contributed by atoms with Crippen molar-refractivity contribution in [1.29, 1.82) is 0 Å². The number of aromatic amines is 2. The van der Waals surface area contributed by atoms with E-state index < -0.39 is 0 Å². The van der Waals surface area contributed by atoms with Gasteiger partial charge >= 0.3 is 0 Å². The highest BCUT2D eigenvalue weighted by Gasteiger charge is 2.09. The largest absolute Gasteiger partial charge is 0.342 e. The highest BCUT2D eigenvalue weighted by Crippen LogP contribution is 2.31. The average Bonchev–Trinajstić information content (AvgIpc) is 3.55. The van der Waals surface area contributed by atoms with Crippen LogP contribution in [-0.2, 0) is 12.8 Å². The van der Waals surface area contributed by atoms with Gasteiger partial charge in [-0.3, -0.25) is 0 Å². The molecule has 0 atom stereocenters. The number of benzene rings is 4.